The van der Waals surface area contributed by atoms with Crippen LogP contribution < -0.4 is 0 Å². The van der Waals surface area contributed by atoms with Crippen LogP contribution in [-0.4, -0.2) is 24.4 Å². The van der Waals surface area contributed by atoms with Gasteiger partial charge < -0.3 is 0 Å². The van der Waals surface area contributed by atoms with Gasteiger partial charge in [-0.25, -0.2) is 5.10 Å². The average molecular weight is 257 g/mol. The molecule has 2 heterocycles. The lowest BCUT2D eigenvalue weighted by Gasteiger charge is -2.04. The Labute approximate surface area is 108 Å². The fourth-order valence-corrected chi connectivity index (χ4v) is 2.39. The maximum atomic E-state index is 5.19. The van der Waals surface area contributed by atoms with E-state index in [-0.39, 0.29) is 0 Å². The lowest BCUT2D eigenvalue weighted by Crippen LogP contribution is -1.98. The maximum absolute atomic E-state index is 5.19. The van der Waals surface area contributed by atoms with E-state index in [2.05, 4.69) is 32.0 Å². The molecular weight excluding hydrogens is 246 g/mol. The number of aromatic nitrogens is 5. The zero-order chi connectivity index (χ0) is 12.1. The first-order valence-electron chi connectivity index (χ1n) is 5.95. The molecule has 1 N–H and O–H groups in total. The number of nitrogens with one attached hydrogen (secondary N) is 1. The predicted octanol–water partition coefficient (Wildman–Crippen LogP) is 2.59. The van der Waals surface area contributed by atoms with Gasteiger partial charge in [-0.15, -0.1) is 10.2 Å². The summed E-state index contributed by atoms with van der Waals surface area (Å²) in [5, 5.41) is 11.6. The number of benzene rings is 1. The van der Waals surface area contributed by atoms with Crippen LogP contribution in [0.5, 0.6) is 0 Å². The van der Waals surface area contributed by atoms with Gasteiger partial charge in [0, 0.05) is 11.6 Å². The molecule has 0 atom stereocenters. The van der Waals surface area contributed by atoms with Gasteiger partial charge in [0.25, 0.3) is 5.78 Å². The Morgan fingerprint density at radius 2 is 2.00 bits per heavy atom. The third-order valence-corrected chi connectivity index (χ3v) is 3.48. The molecule has 5 nitrogen and oxygen atoms in total. The zero-order valence-electron chi connectivity index (χ0n) is 9.58. The molecule has 90 valence electrons. The zero-order valence-corrected chi connectivity index (χ0v) is 10.4. The number of nitrogens with zero attached hydrogens (tertiary/aromatic N) is 4. The summed E-state index contributed by atoms with van der Waals surface area (Å²) in [5.41, 5.74) is 1.10. The molecule has 0 radical (unpaired) electrons. The number of aromatic amines is 1. The van der Waals surface area contributed by atoms with Crippen molar-refractivity contribution in [1.82, 2.24) is 24.4 Å². The summed E-state index contributed by atoms with van der Waals surface area (Å²) in [4.78, 5) is 0. The molecule has 2 aromatic heterocycles. The summed E-state index contributed by atoms with van der Waals surface area (Å²) < 4.78 is 4.43. The Balaban J connectivity index is 2.05. The molecule has 1 saturated carbocycles. The largest absolute Gasteiger partial charge is 0.288 e. The van der Waals surface area contributed by atoms with E-state index in [1.54, 1.807) is 4.52 Å². The molecule has 0 amide bonds. The van der Waals surface area contributed by atoms with E-state index < -0.39 is 0 Å². The Bertz CT molecular complexity index is 763. The highest BCUT2D eigenvalue weighted by atomic mass is 32.1. The first-order chi connectivity index (χ1) is 8.84. The second-order valence-corrected chi connectivity index (χ2v) is 4.92. The van der Waals surface area contributed by atoms with Crippen LogP contribution in [0, 0.1) is 4.77 Å². The minimum Gasteiger partial charge on any atom is -0.288 e. The van der Waals surface area contributed by atoms with Gasteiger partial charge >= 0.3 is 0 Å². The average Bonchev–Trinajstić information content (AvgIpc) is 3.07. The molecule has 0 spiro atoms. The molecular formula is C12H11N5S. The second kappa shape index (κ2) is 3.52. The van der Waals surface area contributed by atoms with E-state index in [0.29, 0.717) is 10.8 Å². The highest BCUT2D eigenvalue weighted by molar-refractivity contribution is 7.71. The molecule has 0 saturated heterocycles. The molecule has 4 rings (SSSR count). The normalized spacial score (nSPS) is 15.3. The second-order valence-electron chi connectivity index (χ2n) is 4.53. The topological polar surface area (TPSA) is 50.9 Å². The van der Waals surface area contributed by atoms with Crippen molar-refractivity contribution >= 4 is 18.0 Å². The van der Waals surface area contributed by atoms with Crippen LogP contribution in [0.3, 0.4) is 0 Å². The van der Waals surface area contributed by atoms with Crippen LogP contribution in [0.15, 0.2) is 30.3 Å². The van der Waals surface area contributed by atoms with E-state index in [1.807, 2.05) is 18.2 Å². The molecule has 1 aliphatic rings. The molecule has 6 heteroatoms. The first kappa shape index (κ1) is 10.0. The molecule has 18 heavy (non-hydrogen) atoms. The Kier molecular flexibility index (Phi) is 1.96. The van der Waals surface area contributed by atoms with E-state index in [9.17, 15) is 0 Å². The lowest BCUT2D eigenvalue weighted by molar-refractivity contribution is 0.760. The van der Waals surface area contributed by atoms with E-state index >= 15 is 0 Å². The quantitative estimate of drug-likeness (QED) is 0.718. The van der Waals surface area contributed by atoms with Crippen molar-refractivity contribution in [3.8, 4) is 11.4 Å². The molecule has 1 aliphatic carbocycles. The van der Waals surface area contributed by atoms with Crippen molar-refractivity contribution in [2.45, 2.75) is 18.9 Å². The standard InChI is InChI=1S/C12H11N5S/c18-12-14-13-11-16(9-6-7-9)10(15-17(11)12)8-4-2-1-3-5-8/h1-5,9H,6-7H2,(H,14,18). The molecule has 1 aromatic carbocycles. The summed E-state index contributed by atoms with van der Waals surface area (Å²) in [7, 11) is 0. The Hall–Kier alpha value is -1.95. The van der Waals surface area contributed by atoms with Crippen molar-refractivity contribution in [3.05, 3.63) is 35.1 Å². The van der Waals surface area contributed by atoms with Gasteiger partial charge in [0.2, 0.25) is 4.77 Å². The van der Waals surface area contributed by atoms with Crippen LogP contribution in [-0.2, 0) is 0 Å². The van der Waals surface area contributed by atoms with Gasteiger partial charge in [-0.2, -0.15) is 4.52 Å². The predicted molar refractivity (Wildman–Crippen MR) is 69.9 cm³/mol. The van der Waals surface area contributed by atoms with Crippen molar-refractivity contribution in [2.75, 3.05) is 0 Å². The highest BCUT2D eigenvalue weighted by Gasteiger charge is 2.30. The van der Waals surface area contributed by atoms with Crippen LogP contribution in [0.4, 0.5) is 0 Å². The van der Waals surface area contributed by atoms with Crippen molar-refractivity contribution in [2.24, 2.45) is 0 Å². The highest BCUT2D eigenvalue weighted by Crippen LogP contribution is 2.39. The summed E-state index contributed by atoms with van der Waals surface area (Å²) in [6.45, 7) is 0. The molecule has 1 fully saturated rings. The van der Waals surface area contributed by atoms with Crippen LogP contribution in [0.2, 0.25) is 0 Å². The van der Waals surface area contributed by atoms with Gasteiger partial charge in [-0.1, -0.05) is 30.3 Å². The fraction of sp³-hybridized carbons (Fsp3) is 0.250. The Morgan fingerprint density at radius 1 is 1.22 bits per heavy atom. The summed E-state index contributed by atoms with van der Waals surface area (Å²) in [6, 6.07) is 10.7. The Morgan fingerprint density at radius 3 is 2.72 bits per heavy atom. The number of fused-ring (bicyclic) bond motifs is 1. The molecule has 3 aromatic rings. The van der Waals surface area contributed by atoms with E-state index in [1.165, 1.54) is 12.8 Å². The van der Waals surface area contributed by atoms with Crippen molar-refractivity contribution in [1.29, 1.82) is 0 Å². The minimum atomic E-state index is 0.510. The lowest BCUT2D eigenvalue weighted by atomic mass is 10.2. The van der Waals surface area contributed by atoms with Gasteiger partial charge in [-0.3, -0.25) is 4.57 Å². The monoisotopic (exact) mass is 257 g/mol. The summed E-state index contributed by atoms with van der Waals surface area (Å²) >= 11 is 5.19. The van der Waals surface area contributed by atoms with Crippen LogP contribution >= 0.6 is 12.2 Å². The first-order valence-corrected chi connectivity index (χ1v) is 6.36. The minimum absolute atomic E-state index is 0.510. The number of hydrogen-bond donors (Lipinski definition) is 1. The third kappa shape index (κ3) is 1.35. The smallest absolute Gasteiger partial charge is 0.252 e. The van der Waals surface area contributed by atoms with E-state index in [4.69, 9.17) is 12.2 Å². The van der Waals surface area contributed by atoms with Gasteiger partial charge in [-0.05, 0) is 25.1 Å². The maximum Gasteiger partial charge on any atom is 0.252 e. The van der Waals surface area contributed by atoms with Crippen molar-refractivity contribution < 1.29 is 0 Å². The van der Waals surface area contributed by atoms with Gasteiger partial charge in [0.05, 0.1) is 0 Å². The third-order valence-electron chi connectivity index (χ3n) is 3.22. The van der Waals surface area contributed by atoms with E-state index in [0.717, 1.165) is 17.2 Å². The number of hydrogen-bond acceptors (Lipinski definition) is 3. The number of rotatable bonds is 2. The summed E-state index contributed by atoms with van der Waals surface area (Å²) in [5.74, 6) is 1.75. The van der Waals surface area contributed by atoms with Gasteiger partial charge in [0.1, 0.15) is 0 Å². The van der Waals surface area contributed by atoms with Crippen molar-refractivity contribution in [3.63, 3.8) is 0 Å². The van der Waals surface area contributed by atoms with Crippen LogP contribution in [0.1, 0.15) is 18.9 Å². The summed E-state index contributed by atoms with van der Waals surface area (Å²) in [6.07, 6.45) is 2.37. The fourth-order valence-electron chi connectivity index (χ4n) is 2.22. The van der Waals surface area contributed by atoms with Crippen LogP contribution in [0.25, 0.3) is 17.2 Å². The molecule has 0 bridgehead atoms. The molecule has 0 aliphatic heterocycles. The number of H-pyrrole nitrogens is 1. The van der Waals surface area contributed by atoms with Gasteiger partial charge in [0.15, 0.2) is 5.82 Å². The molecule has 0 unspecified atom stereocenters. The SMILES string of the molecule is S=c1[nH]nc2n(C3CC3)c(-c3ccccc3)nn12.